The molecule has 0 aliphatic rings. The third-order valence-electron chi connectivity index (χ3n) is 1.71. The molecule has 0 bridgehead atoms. The van der Waals surface area contributed by atoms with E-state index < -0.39 is 23.9 Å². The number of pyridine rings is 1. The summed E-state index contributed by atoms with van der Waals surface area (Å²) in [6.45, 7) is 1.35. The van der Waals surface area contributed by atoms with Crippen LogP contribution in [0.15, 0.2) is 10.7 Å². The van der Waals surface area contributed by atoms with Gasteiger partial charge in [0.1, 0.15) is 5.69 Å². The van der Waals surface area contributed by atoms with Gasteiger partial charge in [0.25, 0.3) is 6.43 Å². The topological polar surface area (TPSA) is 12.9 Å². The Bertz CT molecular complexity index is 374. The van der Waals surface area contributed by atoms with Crippen molar-refractivity contribution >= 4 is 15.9 Å². The zero-order valence-corrected chi connectivity index (χ0v) is 8.96. The van der Waals surface area contributed by atoms with Crippen molar-refractivity contribution in [1.82, 2.24) is 4.98 Å². The van der Waals surface area contributed by atoms with Crippen LogP contribution in [-0.2, 0) is 6.18 Å². The molecule has 0 aliphatic carbocycles. The summed E-state index contributed by atoms with van der Waals surface area (Å²) in [7, 11) is 0. The largest absolute Gasteiger partial charge is 0.419 e. The highest BCUT2D eigenvalue weighted by Gasteiger charge is 2.39. The summed E-state index contributed by atoms with van der Waals surface area (Å²) in [6.07, 6.45) is -7.12. The van der Waals surface area contributed by atoms with E-state index in [1.165, 1.54) is 6.92 Å². The standard InChI is InChI=1S/C8H5BrF5N/c1-3-2-15-6(7(10)11)4(5(3)9)8(12,13)14/h2,7H,1H3. The van der Waals surface area contributed by atoms with Gasteiger partial charge in [-0.2, -0.15) is 13.2 Å². The van der Waals surface area contributed by atoms with Gasteiger partial charge in [0.15, 0.2) is 0 Å². The van der Waals surface area contributed by atoms with E-state index in [1.807, 2.05) is 0 Å². The van der Waals surface area contributed by atoms with E-state index in [-0.39, 0.29) is 10.0 Å². The highest BCUT2D eigenvalue weighted by Crippen LogP contribution is 2.40. The number of rotatable bonds is 1. The lowest BCUT2D eigenvalue weighted by atomic mass is 10.1. The fraction of sp³-hybridized carbons (Fsp3) is 0.375. The van der Waals surface area contributed by atoms with E-state index in [4.69, 9.17) is 0 Å². The number of hydrogen-bond acceptors (Lipinski definition) is 1. The molecule has 0 atom stereocenters. The van der Waals surface area contributed by atoms with E-state index in [0.717, 1.165) is 6.20 Å². The second-order valence-corrected chi connectivity index (χ2v) is 3.61. The second-order valence-electron chi connectivity index (χ2n) is 2.81. The van der Waals surface area contributed by atoms with Crippen LogP contribution in [0.25, 0.3) is 0 Å². The summed E-state index contributed by atoms with van der Waals surface area (Å²) in [4.78, 5) is 3.11. The van der Waals surface area contributed by atoms with E-state index in [1.54, 1.807) is 0 Å². The second kappa shape index (κ2) is 4.03. The Morgan fingerprint density at radius 3 is 2.27 bits per heavy atom. The van der Waals surface area contributed by atoms with E-state index in [2.05, 4.69) is 20.9 Å². The van der Waals surface area contributed by atoms with Gasteiger partial charge in [0.2, 0.25) is 0 Å². The first-order valence-electron chi connectivity index (χ1n) is 3.75. The lowest BCUT2D eigenvalue weighted by Crippen LogP contribution is -2.13. The van der Waals surface area contributed by atoms with Crippen molar-refractivity contribution in [2.45, 2.75) is 19.5 Å². The van der Waals surface area contributed by atoms with Crippen molar-refractivity contribution in [1.29, 1.82) is 0 Å². The molecular weight excluding hydrogens is 285 g/mol. The molecule has 0 unspecified atom stereocenters. The summed E-state index contributed by atoms with van der Waals surface area (Å²) >= 11 is 2.64. The number of aryl methyl sites for hydroxylation is 1. The molecule has 0 amide bonds. The predicted molar refractivity (Wildman–Crippen MR) is 46.6 cm³/mol. The molecule has 0 aliphatic heterocycles. The monoisotopic (exact) mass is 289 g/mol. The molecule has 1 aromatic rings. The molecule has 1 nitrogen and oxygen atoms in total. The lowest BCUT2D eigenvalue weighted by molar-refractivity contribution is -0.140. The molecule has 1 rings (SSSR count). The average molecular weight is 290 g/mol. The molecule has 0 saturated carbocycles. The maximum atomic E-state index is 12.4. The molecule has 0 radical (unpaired) electrons. The average Bonchev–Trinajstić information content (AvgIpc) is 2.06. The zero-order valence-electron chi connectivity index (χ0n) is 7.37. The molecule has 84 valence electrons. The Balaban J connectivity index is 3.49. The van der Waals surface area contributed by atoms with Crippen molar-refractivity contribution in [3.8, 4) is 0 Å². The summed E-state index contributed by atoms with van der Waals surface area (Å²) < 4.78 is 61.5. The molecule has 0 N–H and O–H groups in total. The van der Waals surface area contributed by atoms with Gasteiger partial charge in [-0.1, -0.05) is 0 Å². The third kappa shape index (κ3) is 2.45. The van der Waals surface area contributed by atoms with Crippen LogP contribution in [0.4, 0.5) is 22.0 Å². The molecule has 0 spiro atoms. The summed E-state index contributed by atoms with van der Waals surface area (Å²) in [6, 6.07) is 0. The SMILES string of the molecule is Cc1cnc(C(F)F)c(C(F)(F)F)c1Br. The summed E-state index contributed by atoms with van der Waals surface area (Å²) in [5.41, 5.74) is -2.50. The van der Waals surface area contributed by atoms with Crippen molar-refractivity contribution in [3.63, 3.8) is 0 Å². The molecule has 15 heavy (non-hydrogen) atoms. The fourth-order valence-electron chi connectivity index (χ4n) is 1.03. The lowest BCUT2D eigenvalue weighted by Gasteiger charge is -2.14. The maximum absolute atomic E-state index is 12.4. The fourth-order valence-corrected chi connectivity index (χ4v) is 1.56. The van der Waals surface area contributed by atoms with Crippen LogP contribution < -0.4 is 0 Å². The van der Waals surface area contributed by atoms with Crippen LogP contribution in [0.1, 0.15) is 23.2 Å². The smallest absolute Gasteiger partial charge is 0.254 e. The molecule has 0 saturated heterocycles. The Morgan fingerprint density at radius 2 is 1.87 bits per heavy atom. The van der Waals surface area contributed by atoms with E-state index >= 15 is 0 Å². The molecule has 1 heterocycles. The highest BCUT2D eigenvalue weighted by molar-refractivity contribution is 9.10. The van der Waals surface area contributed by atoms with Crippen molar-refractivity contribution in [2.24, 2.45) is 0 Å². The first-order valence-corrected chi connectivity index (χ1v) is 4.54. The number of alkyl halides is 5. The van der Waals surface area contributed by atoms with Gasteiger partial charge < -0.3 is 0 Å². The quantitative estimate of drug-likeness (QED) is 0.709. The van der Waals surface area contributed by atoms with Crippen molar-refractivity contribution in [2.75, 3.05) is 0 Å². The van der Waals surface area contributed by atoms with Crippen LogP contribution in [-0.4, -0.2) is 4.98 Å². The van der Waals surface area contributed by atoms with Crippen LogP contribution in [0.3, 0.4) is 0 Å². The summed E-state index contributed by atoms with van der Waals surface area (Å²) in [5, 5.41) is 0. The van der Waals surface area contributed by atoms with Crippen molar-refractivity contribution < 1.29 is 22.0 Å². The molecular formula is C8H5BrF5N. The maximum Gasteiger partial charge on any atom is 0.419 e. The van der Waals surface area contributed by atoms with Gasteiger partial charge in [0, 0.05) is 10.7 Å². The number of nitrogens with zero attached hydrogens (tertiary/aromatic N) is 1. The van der Waals surface area contributed by atoms with Gasteiger partial charge in [-0.15, -0.1) is 0 Å². The Kier molecular flexibility index (Phi) is 3.32. The third-order valence-corrected chi connectivity index (χ3v) is 2.73. The van der Waals surface area contributed by atoms with Gasteiger partial charge >= 0.3 is 6.18 Å². The van der Waals surface area contributed by atoms with Gasteiger partial charge in [-0.3, -0.25) is 4.98 Å². The molecule has 0 fully saturated rings. The molecule has 1 aromatic heterocycles. The number of hydrogen-bond donors (Lipinski definition) is 0. The minimum Gasteiger partial charge on any atom is -0.254 e. The minimum atomic E-state index is -4.84. The van der Waals surface area contributed by atoms with E-state index in [9.17, 15) is 22.0 Å². The van der Waals surface area contributed by atoms with E-state index in [0.29, 0.717) is 0 Å². The first-order chi connectivity index (χ1) is 6.75. The zero-order chi connectivity index (χ0) is 11.8. The molecule has 0 aromatic carbocycles. The van der Waals surface area contributed by atoms with Gasteiger partial charge in [0.05, 0.1) is 5.56 Å². The van der Waals surface area contributed by atoms with Gasteiger partial charge in [-0.25, -0.2) is 8.78 Å². The Labute approximate surface area is 90.4 Å². The van der Waals surface area contributed by atoms with Crippen LogP contribution in [0, 0.1) is 6.92 Å². The highest BCUT2D eigenvalue weighted by atomic mass is 79.9. The normalized spacial score (nSPS) is 12.3. The number of aromatic nitrogens is 1. The minimum absolute atomic E-state index is 0.159. The van der Waals surface area contributed by atoms with Crippen LogP contribution >= 0.6 is 15.9 Å². The van der Waals surface area contributed by atoms with Gasteiger partial charge in [-0.05, 0) is 28.4 Å². The number of halogens is 6. The molecule has 7 heteroatoms. The van der Waals surface area contributed by atoms with Crippen LogP contribution in [0.2, 0.25) is 0 Å². The van der Waals surface area contributed by atoms with Crippen LogP contribution in [0.5, 0.6) is 0 Å². The Hall–Kier alpha value is -0.720. The first kappa shape index (κ1) is 12.4. The van der Waals surface area contributed by atoms with Crippen molar-refractivity contribution in [3.05, 3.63) is 27.5 Å². The predicted octanol–water partition coefficient (Wildman–Crippen LogP) is 4.11. The Morgan fingerprint density at radius 1 is 1.33 bits per heavy atom. The summed E-state index contributed by atoms with van der Waals surface area (Å²) in [5.74, 6) is 0.